The Hall–Kier alpha value is -7.98. The number of pyridine rings is 2. The van der Waals surface area contributed by atoms with E-state index in [4.69, 9.17) is 24.9 Å². The number of halogens is 2. The Morgan fingerprint density at radius 3 is 1.39 bits per heavy atom. The van der Waals surface area contributed by atoms with Gasteiger partial charge in [-0.15, -0.1) is 0 Å². The first-order valence-electron chi connectivity index (χ1n) is 16.6. The molecule has 2 aromatic heterocycles. The van der Waals surface area contributed by atoms with Crippen LogP contribution in [-0.4, -0.2) is 59.9 Å². The Morgan fingerprint density at radius 1 is 0.632 bits per heavy atom. The molecule has 0 bridgehead atoms. The maximum atomic E-state index is 13.1. The number of nitrogens with zero attached hydrogens (tertiary/aromatic N) is 8. The number of benzene rings is 2. The van der Waals surface area contributed by atoms with Crippen LogP contribution < -0.4 is 21.3 Å². The number of carbonyl (C=O) groups excluding carboxylic acids is 4. The van der Waals surface area contributed by atoms with Crippen LogP contribution in [0.2, 0.25) is 0 Å². The minimum absolute atomic E-state index is 0.0262. The number of rotatable bonds is 18. The highest BCUT2D eigenvalue weighted by Gasteiger charge is 2.14. The second-order valence-corrected chi connectivity index (χ2v) is 11.0. The number of aromatic nitrogens is 2. The van der Waals surface area contributed by atoms with Crippen LogP contribution in [0.1, 0.15) is 22.3 Å². The average Bonchev–Trinajstić information content (AvgIpc) is 3.24. The summed E-state index contributed by atoms with van der Waals surface area (Å²) in [6.45, 7) is 0.350. The van der Waals surface area contributed by atoms with Crippen molar-refractivity contribution in [1.82, 2.24) is 31.2 Å². The van der Waals surface area contributed by atoms with Crippen LogP contribution in [0.3, 0.4) is 0 Å². The monoisotopic (exact) mass is 776 g/mol. The lowest BCUT2D eigenvalue weighted by Gasteiger charge is -2.12. The van der Waals surface area contributed by atoms with Crippen molar-refractivity contribution >= 4 is 59.3 Å². The number of ether oxygens (including phenoxy) is 1. The van der Waals surface area contributed by atoms with Crippen LogP contribution in [0, 0.1) is 0 Å². The maximum Gasteiger partial charge on any atom is 0.267 e. The number of hydrogen-bond donors (Lipinski definition) is 4. The molecule has 0 saturated carbocycles. The Kier molecular flexibility index (Phi) is 19.1. The molecule has 4 amide bonds. The van der Waals surface area contributed by atoms with Gasteiger partial charge in [0.1, 0.15) is 11.4 Å². The van der Waals surface area contributed by atoms with Crippen molar-refractivity contribution in [2.75, 3.05) is 26.3 Å². The molecule has 17 nitrogen and oxygen atoms in total. The minimum atomic E-state index is -0.568. The minimum Gasteiger partial charge on any atom is -0.378 e. The highest BCUT2D eigenvalue weighted by Crippen LogP contribution is 2.15. The lowest BCUT2D eigenvalue weighted by molar-refractivity contribution is -0.121. The van der Waals surface area contributed by atoms with Gasteiger partial charge in [0.05, 0.1) is 13.2 Å². The van der Waals surface area contributed by atoms with Crippen molar-refractivity contribution in [2.45, 2.75) is 0 Å². The predicted octanol–water partition coefficient (Wildman–Crippen LogP) is 6.49. The highest BCUT2D eigenvalue weighted by atomic mass is 20.0. The van der Waals surface area contributed by atoms with E-state index >= 15 is 0 Å². The Morgan fingerprint density at radius 2 is 1.04 bits per heavy atom. The number of azide groups is 2. The van der Waals surface area contributed by atoms with Crippen molar-refractivity contribution < 1.29 is 33.1 Å². The molecule has 0 aliphatic rings. The van der Waals surface area contributed by atoms with Crippen LogP contribution in [0.15, 0.2) is 131 Å². The largest absolute Gasteiger partial charge is 0.378 e. The summed E-state index contributed by atoms with van der Waals surface area (Å²) in [6, 6.07) is 19.9. The van der Waals surface area contributed by atoms with Gasteiger partial charge in [0.2, 0.25) is 11.8 Å². The molecule has 0 fully saturated rings. The highest BCUT2D eigenvalue weighted by molar-refractivity contribution is 6.05. The van der Waals surface area contributed by atoms with E-state index in [1.807, 2.05) is 0 Å². The van der Waals surface area contributed by atoms with Gasteiger partial charge >= 0.3 is 0 Å². The molecule has 0 aliphatic heterocycles. The average molecular weight is 777 g/mol. The molecule has 4 aromatic rings. The van der Waals surface area contributed by atoms with Gasteiger partial charge in [-0.3, -0.25) is 29.1 Å². The van der Waals surface area contributed by atoms with Gasteiger partial charge in [-0.25, -0.2) is 0 Å². The van der Waals surface area contributed by atoms with Crippen LogP contribution in [0.4, 0.5) is 20.5 Å². The fourth-order valence-electron chi connectivity index (χ4n) is 4.44. The van der Waals surface area contributed by atoms with Gasteiger partial charge in [0, 0.05) is 80.4 Å². The van der Waals surface area contributed by atoms with Crippen molar-refractivity contribution in [3.8, 4) is 0 Å². The van der Waals surface area contributed by atoms with Crippen molar-refractivity contribution in [1.29, 1.82) is 0 Å². The molecule has 4 rings (SSSR count). The van der Waals surface area contributed by atoms with E-state index in [0.717, 1.165) is 0 Å². The van der Waals surface area contributed by atoms with Crippen molar-refractivity contribution in [3.63, 3.8) is 0 Å². The SMILES string of the molecule is FF.[N-]=[N+]=Nc1ccc(/C=C/C(=O)N/C(=C\c2cccnc2)C(=O)NCCOCCNC(=O)/C(=C/c2cccnc2)NC(=O)/C=C/c2ccc(N=[N+]=[N-])cc2)cc1. The predicted molar refractivity (Wildman–Crippen MR) is 208 cm³/mol. The molecule has 2 heterocycles. The Balaban J connectivity index is 0.00000428. The summed E-state index contributed by atoms with van der Waals surface area (Å²) in [5.41, 5.74) is 20.4. The first kappa shape index (κ1) is 43.4. The number of carbonyl (C=O) groups is 4. The number of hydrogen-bond acceptors (Lipinski definition) is 9. The molecule has 0 unspecified atom stereocenters. The molecule has 0 saturated heterocycles. The Labute approximate surface area is 324 Å². The van der Waals surface area contributed by atoms with Crippen LogP contribution in [0.25, 0.3) is 45.2 Å². The Bertz CT molecular complexity index is 2010. The molecule has 0 atom stereocenters. The molecular weight excluding hydrogens is 742 g/mol. The van der Waals surface area contributed by atoms with E-state index in [1.165, 1.54) is 36.7 Å². The number of nitrogens with one attached hydrogen (secondary N) is 4. The normalized spacial score (nSPS) is 11.0. The third kappa shape index (κ3) is 16.7. The van der Waals surface area contributed by atoms with Gasteiger partial charge in [0.15, 0.2) is 0 Å². The maximum absolute atomic E-state index is 13.1. The van der Waals surface area contributed by atoms with Gasteiger partial charge < -0.3 is 26.0 Å². The lowest BCUT2D eigenvalue weighted by atomic mass is 10.2. The molecule has 4 N–H and O–H groups in total. The van der Waals surface area contributed by atoms with E-state index in [1.54, 1.807) is 97.3 Å². The third-order valence-electron chi connectivity index (χ3n) is 7.02. The summed E-state index contributed by atoms with van der Waals surface area (Å²) >= 11 is 0. The zero-order valence-corrected chi connectivity index (χ0v) is 29.9. The van der Waals surface area contributed by atoms with Gasteiger partial charge in [-0.05, 0) is 69.8 Å². The molecule has 19 heteroatoms. The van der Waals surface area contributed by atoms with Gasteiger partial charge in [-0.1, -0.05) is 70.9 Å². The second kappa shape index (κ2) is 25.1. The fourth-order valence-corrected chi connectivity index (χ4v) is 4.44. The van der Waals surface area contributed by atoms with E-state index < -0.39 is 23.6 Å². The molecular formula is C38H34F2N12O5. The summed E-state index contributed by atoms with van der Waals surface area (Å²) < 4.78 is 21.6. The standard InChI is InChI=1S/C38H34N12O5.F2/c39-49-47-31-11-5-27(6-12-31)9-15-35(51)45-33(23-29-3-1-17-41-25-29)37(53)43-19-21-55-22-20-44-38(54)34(24-30-4-2-18-42-26-30)46-36(52)16-10-28-7-13-32(14-8-28)48-50-40;1-2/h1-18,23-26H,19-22H2,(H,43,53)(H,44,54)(H,45,51)(H,46,52);/b15-9+,16-10+,33-23-,34-24-;. The van der Waals surface area contributed by atoms with Crippen molar-refractivity contribution in [2.24, 2.45) is 10.2 Å². The second-order valence-electron chi connectivity index (χ2n) is 11.0. The van der Waals surface area contributed by atoms with Crippen molar-refractivity contribution in [3.05, 3.63) is 164 Å². The van der Waals surface area contributed by atoms with Gasteiger partial charge in [0.25, 0.3) is 11.8 Å². The smallest absolute Gasteiger partial charge is 0.267 e. The zero-order valence-electron chi connectivity index (χ0n) is 29.9. The molecule has 57 heavy (non-hydrogen) atoms. The molecule has 2 aromatic carbocycles. The molecule has 0 radical (unpaired) electrons. The molecule has 290 valence electrons. The summed E-state index contributed by atoms with van der Waals surface area (Å²) in [4.78, 5) is 65.1. The van der Waals surface area contributed by atoms with Gasteiger partial charge in [-0.2, -0.15) is 0 Å². The summed E-state index contributed by atoms with van der Waals surface area (Å²) in [5, 5.41) is 17.6. The molecule has 0 aliphatic carbocycles. The third-order valence-corrected chi connectivity index (χ3v) is 7.02. The van der Waals surface area contributed by atoms with E-state index in [9.17, 15) is 19.2 Å². The lowest BCUT2D eigenvalue weighted by Crippen LogP contribution is -2.37. The van der Waals surface area contributed by atoms with E-state index in [2.05, 4.69) is 51.3 Å². The quantitative estimate of drug-likeness (QED) is 0.0287. The van der Waals surface area contributed by atoms with Crippen LogP contribution in [0.5, 0.6) is 0 Å². The summed E-state index contributed by atoms with van der Waals surface area (Å²) in [5.74, 6) is -2.25. The van der Waals surface area contributed by atoms with Crippen LogP contribution >= 0.6 is 0 Å². The van der Waals surface area contributed by atoms with E-state index in [-0.39, 0.29) is 37.7 Å². The fraction of sp³-hybridized carbons (Fsp3) is 0.105. The van der Waals surface area contributed by atoms with Crippen LogP contribution in [-0.2, 0) is 23.9 Å². The molecule has 0 spiro atoms. The number of amides is 4. The summed E-state index contributed by atoms with van der Waals surface area (Å²) in [6.07, 6.45) is 14.8. The summed E-state index contributed by atoms with van der Waals surface area (Å²) in [7, 11) is 0. The van der Waals surface area contributed by atoms with E-state index in [0.29, 0.717) is 33.6 Å². The first-order chi connectivity index (χ1) is 27.8. The zero-order chi connectivity index (χ0) is 41.1. The topological polar surface area (TPSA) is 249 Å². The first-order valence-corrected chi connectivity index (χ1v) is 16.6.